The number of nitrogens with zero attached hydrogens (tertiary/aromatic N) is 1. The molecule has 0 fully saturated rings. The molecule has 0 aromatic heterocycles. The van der Waals surface area contributed by atoms with Crippen LogP contribution in [0.25, 0.3) is 0 Å². The maximum absolute atomic E-state index is 11.7. The van der Waals surface area contributed by atoms with Gasteiger partial charge in [0.2, 0.25) is 0 Å². The molecule has 0 saturated carbocycles. The van der Waals surface area contributed by atoms with Crippen LogP contribution >= 0.6 is 11.6 Å². The highest BCUT2D eigenvalue weighted by molar-refractivity contribution is 6.32. The molecular weight excluding hydrogens is 324 g/mol. The first-order valence-electron chi connectivity index (χ1n) is 6.57. The zero-order valence-electron chi connectivity index (χ0n) is 11.9. The van der Waals surface area contributed by atoms with Crippen molar-refractivity contribution >= 4 is 23.2 Å². The number of halogens is 1. The Morgan fingerprint density at radius 1 is 1.30 bits per heavy atom. The molecule has 0 aliphatic rings. The number of para-hydroxylation sites is 1. The number of phenolic OH excluding ortho intramolecular Hbond substituents is 1. The average Bonchev–Trinajstić information content (AvgIpc) is 2.53. The van der Waals surface area contributed by atoms with Gasteiger partial charge < -0.3 is 15.2 Å². The number of hydrogen-bond acceptors (Lipinski definition) is 5. The number of nitrogens with one attached hydrogen (secondary N) is 1. The molecule has 0 spiro atoms. The van der Waals surface area contributed by atoms with Crippen molar-refractivity contribution in [2.24, 2.45) is 0 Å². The molecule has 0 radical (unpaired) electrons. The third kappa shape index (κ3) is 4.58. The zero-order valence-corrected chi connectivity index (χ0v) is 12.6. The van der Waals surface area contributed by atoms with Crippen LogP contribution in [0.4, 0.5) is 5.69 Å². The highest BCUT2D eigenvalue weighted by atomic mass is 35.5. The molecule has 0 atom stereocenters. The summed E-state index contributed by atoms with van der Waals surface area (Å²) in [6.07, 6.45) is 0. The monoisotopic (exact) mass is 336 g/mol. The number of benzene rings is 2. The predicted octanol–water partition coefficient (Wildman–Crippen LogP) is 2.65. The van der Waals surface area contributed by atoms with Gasteiger partial charge in [0.1, 0.15) is 11.5 Å². The van der Waals surface area contributed by atoms with Crippen LogP contribution in [-0.4, -0.2) is 22.5 Å². The summed E-state index contributed by atoms with van der Waals surface area (Å²) in [5.74, 6) is -0.207. The van der Waals surface area contributed by atoms with Crippen LogP contribution in [0.5, 0.6) is 11.5 Å². The highest BCUT2D eigenvalue weighted by Crippen LogP contribution is 2.23. The summed E-state index contributed by atoms with van der Waals surface area (Å²) in [6, 6.07) is 10.3. The first kappa shape index (κ1) is 16.6. The number of aromatic hydroxyl groups is 1. The van der Waals surface area contributed by atoms with Gasteiger partial charge in [0.15, 0.2) is 6.61 Å². The smallest absolute Gasteiger partial charge is 0.270 e. The fraction of sp³-hybridized carbons (Fsp3) is 0.133. The number of non-ortho nitro benzene ring substituents is 1. The van der Waals surface area contributed by atoms with Crippen molar-refractivity contribution in [2.45, 2.75) is 6.54 Å². The molecule has 2 aromatic rings. The van der Waals surface area contributed by atoms with Gasteiger partial charge in [0.05, 0.1) is 9.95 Å². The van der Waals surface area contributed by atoms with Crippen molar-refractivity contribution in [1.29, 1.82) is 0 Å². The molecule has 2 aromatic carbocycles. The van der Waals surface area contributed by atoms with E-state index >= 15 is 0 Å². The molecule has 0 aliphatic carbocycles. The Kier molecular flexibility index (Phi) is 5.37. The molecule has 0 heterocycles. The minimum Gasteiger partial charge on any atom is -0.508 e. The molecular formula is C15H13ClN2O5. The minimum atomic E-state index is -0.578. The maximum atomic E-state index is 11.7. The van der Waals surface area contributed by atoms with Gasteiger partial charge in [-0.1, -0.05) is 23.7 Å². The van der Waals surface area contributed by atoms with Crippen LogP contribution < -0.4 is 10.1 Å². The highest BCUT2D eigenvalue weighted by Gasteiger charge is 2.11. The van der Waals surface area contributed by atoms with Gasteiger partial charge in [0, 0.05) is 24.2 Å². The number of nitro groups is 1. The molecule has 23 heavy (non-hydrogen) atoms. The van der Waals surface area contributed by atoms with Crippen LogP contribution in [0, 0.1) is 10.1 Å². The second-order valence-electron chi connectivity index (χ2n) is 4.57. The number of phenols is 1. The molecule has 2 N–H and O–H groups in total. The van der Waals surface area contributed by atoms with E-state index in [4.69, 9.17) is 16.3 Å². The zero-order chi connectivity index (χ0) is 16.8. The van der Waals surface area contributed by atoms with E-state index in [9.17, 15) is 20.0 Å². The van der Waals surface area contributed by atoms with E-state index in [-0.39, 0.29) is 30.2 Å². The van der Waals surface area contributed by atoms with Crippen molar-refractivity contribution in [3.05, 3.63) is 63.2 Å². The van der Waals surface area contributed by atoms with E-state index in [1.807, 2.05) is 0 Å². The standard InChI is InChI=1S/C15H13ClN2O5/c16-12-3-1-2-4-14(12)23-9-15(20)17-8-10-7-11(18(21)22)5-6-13(10)19/h1-7,19H,8-9H2,(H,17,20). The Morgan fingerprint density at radius 2 is 2.04 bits per heavy atom. The van der Waals surface area contributed by atoms with Crippen LogP contribution in [0.2, 0.25) is 5.02 Å². The summed E-state index contributed by atoms with van der Waals surface area (Å²) in [5.41, 5.74) is 0.0738. The molecule has 0 bridgehead atoms. The van der Waals surface area contributed by atoms with Gasteiger partial charge in [-0.25, -0.2) is 0 Å². The SMILES string of the molecule is O=C(COc1ccccc1Cl)NCc1cc([N+](=O)[O-])ccc1O. The molecule has 7 nitrogen and oxygen atoms in total. The van der Waals surface area contributed by atoms with Crippen molar-refractivity contribution in [3.63, 3.8) is 0 Å². The Morgan fingerprint density at radius 3 is 2.74 bits per heavy atom. The topological polar surface area (TPSA) is 102 Å². The van der Waals surface area contributed by atoms with Gasteiger partial charge >= 0.3 is 0 Å². The molecule has 0 aliphatic heterocycles. The molecule has 8 heteroatoms. The number of carbonyl (C=O) groups is 1. The van der Waals surface area contributed by atoms with Crippen molar-refractivity contribution in [3.8, 4) is 11.5 Å². The Balaban J connectivity index is 1.91. The van der Waals surface area contributed by atoms with E-state index in [1.165, 1.54) is 18.2 Å². The lowest BCUT2D eigenvalue weighted by Crippen LogP contribution is -2.28. The quantitative estimate of drug-likeness (QED) is 0.623. The number of hydrogen-bond donors (Lipinski definition) is 2. The third-order valence-corrected chi connectivity index (χ3v) is 3.26. The average molecular weight is 337 g/mol. The van der Waals surface area contributed by atoms with E-state index in [1.54, 1.807) is 24.3 Å². The van der Waals surface area contributed by atoms with E-state index in [2.05, 4.69) is 5.32 Å². The van der Waals surface area contributed by atoms with E-state index in [0.29, 0.717) is 10.8 Å². The second kappa shape index (κ2) is 7.46. The van der Waals surface area contributed by atoms with Crippen LogP contribution in [0.15, 0.2) is 42.5 Å². The number of rotatable bonds is 6. The number of nitro benzene ring substituents is 1. The van der Waals surface area contributed by atoms with Crippen molar-refractivity contribution in [2.75, 3.05) is 6.61 Å². The second-order valence-corrected chi connectivity index (χ2v) is 4.97. The molecule has 1 amide bonds. The summed E-state index contributed by atoms with van der Waals surface area (Å²) in [4.78, 5) is 21.9. The summed E-state index contributed by atoms with van der Waals surface area (Å²) < 4.78 is 5.26. The Hall–Kier alpha value is -2.80. The lowest BCUT2D eigenvalue weighted by molar-refractivity contribution is -0.384. The molecule has 0 unspecified atom stereocenters. The van der Waals surface area contributed by atoms with E-state index in [0.717, 1.165) is 0 Å². The van der Waals surface area contributed by atoms with Gasteiger partial charge in [-0.3, -0.25) is 14.9 Å². The lowest BCUT2D eigenvalue weighted by Gasteiger charge is -2.09. The van der Waals surface area contributed by atoms with Gasteiger partial charge in [-0.2, -0.15) is 0 Å². The Labute approximate surface area is 136 Å². The van der Waals surface area contributed by atoms with E-state index < -0.39 is 10.8 Å². The summed E-state index contributed by atoms with van der Waals surface area (Å²) in [7, 11) is 0. The van der Waals surface area contributed by atoms with Gasteiger partial charge in [-0.05, 0) is 18.2 Å². The first-order chi connectivity index (χ1) is 11.0. The first-order valence-corrected chi connectivity index (χ1v) is 6.95. The number of amides is 1. The molecule has 120 valence electrons. The fourth-order valence-corrected chi connectivity index (χ4v) is 1.97. The third-order valence-electron chi connectivity index (χ3n) is 2.95. The van der Waals surface area contributed by atoms with Crippen molar-refractivity contribution in [1.82, 2.24) is 5.32 Å². The Bertz CT molecular complexity index is 736. The van der Waals surface area contributed by atoms with Crippen molar-refractivity contribution < 1.29 is 19.6 Å². The minimum absolute atomic E-state index is 0.0573. The summed E-state index contributed by atoms with van der Waals surface area (Å²) >= 11 is 5.89. The molecule has 0 saturated heterocycles. The normalized spacial score (nSPS) is 10.1. The van der Waals surface area contributed by atoms with Gasteiger partial charge in [-0.15, -0.1) is 0 Å². The van der Waals surface area contributed by atoms with Crippen LogP contribution in [0.1, 0.15) is 5.56 Å². The van der Waals surface area contributed by atoms with Gasteiger partial charge in [0.25, 0.3) is 11.6 Å². The fourth-order valence-electron chi connectivity index (χ4n) is 1.78. The van der Waals surface area contributed by atoms with Crippen LogP contribution in [0.3, 0.4) is 0 Å². The largest absolute Gasteiger partial charge is 0.508 e. The number of ether oxygens (including phenoxy) is 1. The summed E-state index contributed by atoms with van der Waals surface area (Å²) in [5, 5.41) is 23.2. The molecule has 2 rings (SSSR count). The maximum Gasteiger partial charge on any atom is 0.270 e. The summed E-state index contributed by atoms with van der Waals surface area (Å²) in [6.45, 7) is -0.322. The van der Waals surface area contributed by atoms with Crippen LogP contribution in [-0.2, 0) is 11.3 Å². The number of carbonyl (C=O) groups excluding carboxylic acids is 1. The predicted molar refractivity (Wildman–Crippen MR) is 83.6 cm³/mol. The lowest BCUT2D eigenvalue weighted by atomic mass is 10.2.